The van der Waals surface area contributed by atoms with E-state index in [0.717, 1.165) is 12.8 Å². The lowest BCUT2D eigenvalue weighted by Crippen LogP contribution is -2.20. The number of halogens is 1. The van der Waals surface area contributed by atoms with Crippen LogP contribution in [0.4, 0.5) is 5.69 Å². The average Bonchev–Trinajstić information content (AvgIpc) is 3.21. The molecule has 98 valence electrons. The molecule has 0 bridgehead atoms. The summed E-state index contributed by atoms with van der Waals surface area (Å²) in [7, 11) is 0. The van der Waals surface area contributed by atoms with Gasteiger partial charge in [0.2, 0.25) is 0 Å². The lowest BCUT2D eigenvalue weighted by molar-refractivity contribution is 0.445. The zero-order valence-electron chi connectivity index (χ0n) is 10.0. The van der Waals surface area contributed by atoms with E-state index in [9.17, 15) is 4.79 Å². The molecule has 0 spiro atoms. The second kappa shape index (κ2) is 4.59. The molecule has 1 aromatic carbocycles. The molecule has 0 amide bonds. The molecule has 2 aromatic rings. The minimum Gasteiger partial charge on any atom is -0.435 e. The van der Waals surface area contributed by atoms with E-state index >= 15 is 0 Å². The zero-order chi connectivity index (χ0) is 13.4. The number of benzene rings is 1. The number of aromatic nitrogens is 2. The highest BCUT2D eigenvalue weighted by Gasteiger charge is 2.25. The molecule has 0 atom stereocenters. The summed E-state index contributed by atoms with van der Waals surface area (Å²) < 4.78 is 7.13. The van der Waals surface area contributed by atoms with E-state index in [2.05, 4.69) is 4.98 Å². The van der Waals surface area contributed by atoms with Gasteiger partial charge in [-0.1, -0.05) is 11.6 Å². The predicted octanol–water partition coefficient (Wildman–Crippen LogP) is 2.61. The minimum absolute atomic E-state index is 0.0511. The smallest absolute Gasteiger partial charge is 0.313 e. The Hall–Kier alpha value is -2.01. The number of hydrogen-bond acceptors (Lipinski definition) is 4. The topological polar surface area (TPSA) is 70.1 Å². The van der Waals surface area contributed by atoms with Crippen molar-refractivity contribution in [2.45, 2.75) is 18.9 Å². The van der Waals surface area contributed by atoms with Crippen molar-refractivity contribution in [3.8, 4) is 11.6 Å². The second-order valence-electron chi connectivity index (χ2n) is 4.46. The standard InChI is InChI=1S/C13H12ClN3O2/c14-10-7-9(3-4-11(10)15)19-12-13(18)17(6-5-16-12)8-1-2-8/h3-8H,1-2,15H2. The molecule has 19 heavy (non-hydrogen) atoms. The zero-order valence-corrected chi connectivity index (χ0v) is 10.8. The van der Waals surface area contributed by atoms with Crippen LogP contribution in [-0.2, 0) is 0 Å². The summed E-state index contributed by atoms with van der Waals surface area (Å²) in [5.41, 5.74) is 5.85. The summed E-state index contributed by atoms with van der Waals surface area (Å²) in [6.45, 7) is 0. The summed E-state index contributed by atoms with van der Waals surface area (Å²) in [4.78, 5) is 16.1. The Morgan fingerprint density at radius 3 is 2.89 bits per heavy atom. The molecular weight excluding hydrogens is 266 g/mol. The van der Waals surface area contributed by atoms with E-state index in [-0.39, 0.29) is 17.5 Å². The lowest BCUT2D eigenvalue weighted by atomic mass is 10.3. The van der Waals surface area contributed by atoms with Crippen LogP contribution in [0.1, 0.15) is 18.9 Å². The van der Waals surface area contributed by atoms with E-state index in [1.54, 1.807) is 35.2 Å². The van der Waals surface area contributed by atoms with Gasteiger partial charge in [-0.25, -0.2) is 4.98 Å². The third kappa shape index (κ3) is 2.42. The highest BCUT2D eigenvalue weighted by molar-refractivity contribution is 6.33. The third-order valence-electron chi connectivity index (χ3n) is 2.96. The Bertz CT molecular complexity index is 680. The van der Waals surface area contributed by atoms with Crippen molar-refractivity contribution in [2.75, 3.05) is 5.73 Å². The summed E-state index contributed by atoms with van der Waals surface area (Å²) in [5, 5.41) is 0.385. The van der Waals surface area contributed by atoms with E-state index in [4.69, 9.17) is 22.1 Å². The van der Waals surface area contributed by atoms with Gasteiger partial charge in [0, 0.05) is 24.5 Å². The second-order valence-corrected chi connectivity index (χ2v) is 4.87. The lowest BCUT2D eigenvalue weighted by Gasteiger charge is -2.08. The molecule has 1 aromatic heterocycles. The van der Waals surface area contributed by atoms with Gasteiger partial charge in [-0.05, 0) is 25.0 Å². The van der Waals surface area contributed by atoms with Crippen LogP contribution < -0.4 is 16.0 Å². The third-order valence-corrected chi connectivity index (χ3v) is 3.29. The molecule has 5 nitrogen and oxygen atoms in total. The molecule has 1 fully saturated rings. The van der Waals surface area contributed by atoms with Gasteiger partial charge in [-0.2, -0.15) is 0 Å². The number of anilines is 1. The Labute approximate surface area is 114 Å². The van der Waals surface area contributed by atoms with Crippen molar-refractivity contribution < 1.29 is 4.74 Å². The van der Waals surface area contributed by atoms with Gasteiger partial charge in [0.1, 0.15) is 5.75 Å². The maximum Gasteiger partial charge on any atom is 0.313 e. The quantitative estimate of drug-likeness (QED) is 0.876. The highest BCUT2D eigenvalue weighted by Crippen LogP contribution is 2.33. The van der Waals surface area contributed by atoms with Crippen LogP contribution >= 0.6 is 11.6 Å². The van der Waals surface area contributed by atoms with Crippen LogP contribution in [0.25, 0.3) is 0 Å². The van der Waals surface area contributed by atoms with Crippen LogP contribution in [0, 0.1) is 0 Å². The molecule has 3 rings (SSSR count). The van der Waals surface area contributed by atoms with Gasteiger partial charge in [-0.3, -0.25) is 4.79 Å². The van der Waals surface area contributed by atoms with E-state index in [0.29, 0.717) is 16.5 Å². The highest BCUT2D eigenvalue weighted by atomic mass is 35.5. The molecule has 0 radical (unpaired) electrons. The number of ether oxygens (including phenoxy) is 1. The molecular formula is C13H12ClN3O2. The van der Waals surface area contributed by atoms with Crippen molar-refractivity contribution in [3.05, 3.63) is 46.0 Å². The van der Waals surface area contributed by atoms with Crippen LogP contribution in [0.15, 0.2) is 35.4 Å². The number of nitrogens with two attached hydrogens (primary N) is 1. The number of nitrogens with zero attached hydrogens (tertiary/aromatic N) is 2. The van der Waals surface area contributed by atoms with Gasteiger partial charge in [0.05, 0.1) is 10.7 Å². The molecule has 1 saturated carbocycles. The first-order chi connectivity index (χ1) is 9.15. The summed E-state index contributed by atoms with van der Waals surface area (Å²) in [5.74, 6) is 0.493. The minimum atomic E-state index is -0.224. The van der Waals surface area contributed by atoms with Crippen LogP contribution in [0.2, 0.25) is 5.02 Å². The van der Waals surface area contributed by atoms with E-state index in [1.807, 2.05) is 0 Å². The fourth-order valence-corrected chi connectivity index (χ4v) is 1.97. The van der Waals surface area contributed by atoms with Gasteiger partial charge in [0.25, 0.3) is 5.88 Å². The SMILES string of the molecule is Nc1ccc(Oc2nccn(C3CC3)c2=O)cc1Cl. The maximum atomic E-state index is 12.1. The first kappa shape index (κ1) is 12.0. The van der Waals surface area contributed by atoms with Crippen LogP contribution in [0.3, 0.4) is 0 Å². The fraction of sp³-hybridized carbons (Fsp3) is 0.231. The monoisotopic (exact) mass is 277 g/mol. The molecule has 1 heterocycles. The first-order valence-corrected chi connectivity index (χ1v) is 6.33. The van der Waals surface area contributed by atoms with Gasteiger partial charge < -0.3 is 15.0 Å². The normalized spacial score (nSPS) is 14.4. The molecule has 1 aliphatic rings. The van der Waals surface area contributed by atoms with Crippen molar-refractivity contribution >= 4 is 17.3 Å². The predicted molar refractivity (Wildman–Crippen MR) is 72.7 cm³/mol. The van der Waals surface area contributed by atoms with Gasteiger partial charge in [0.15, 0.2) is 0 Å². The number of nitrogen functional groups attached to an aromatic ring is 1. The fourth-order valence-electron chi connectivity index (χ4n) is 1.80. The largest absolute Gasteiger partial charge is 0.435 e. The van der Waals surface area contributed by atoms with E-state index in [1.165, 1.54) is 0 Å². The van der Waals surface area contributed by atoms with E-state index < -0.39 is 0 Å². The molecule has 0 unspecified atom stereocenters. The first-order valence-electron chi connectivity index (χ1n) is 5.95. The van der Waals surface area contributed by atoms with Crippen LogP contribution in [-0.4, -0.2) is 9.55 Å². The molecule has 0 aliphatic heterocycles. The molecule has 1 aliphatic carbocycles. The Morgan fingerprint density at radius 2 is 2.21 bits per heavy atom. The van der Waals surface area contributed by atoms with Crippen molar-refractivity contribution in [1.82, 2.24) is 9.55 Å². The van der Waals surface area contributed by atoms with Crippen molar-refractivity contribution in [1.29, 1.82) is 0 Å². The molecule has 2 N–H and O–H groups in total. The van der Waals surface area contributed by atoms with Gasteiger partial charge >= 0.3 is 5.56 Å². The maximum absolute atomic E-state index is 12.1. The number of rotatable bonds is 3. The van der Waals surface area contributed by atoms with Crippen molar-refractivity contribution in [3.63, 3.8) is 0 Å². The number of hydrogen-bond donors (Lipinski definition) is 1. The Morgan fingerprint density at radius 1 is 1.42 bits per heavy atom. The van der Waals surface area contributed by atoms with Gasteiger partial charge in [-0.15, -0.1) is 0 Å². The Balaban J connectivity index is 1.92. The Kier molecular flexibility index (Phi) is 2.91. The summed E-state index contributed by atoms with van der Waals surface area (Å²) in [6, 6.07) is 5.12. The molecule has 6 heteroatoms. The van der Waals surface area contributed by atoms with Crippen LogP contribution in [0.5, 0.6) is 11.6 Å². The summed E-state index contributed by atoms with van der Waals surface area (Å²) >= 11 is 5.90. The average molecular weight is 278 g/mol. The summed E-state index contributed by atoms with van der Waals surface area (Å²) in [6.07, 6.45) is 5.30. The van der Waals surface area contributed by atoms with Crippen molar-refractivity contribution in [2.24, 2.45) is 0 Å². The molecule has 0 saturated heterocycles.